The first-order valence-electron chi connectivity index (χ1n) is 3.90. The second-order valence-corrected chi connectivity index (χ2v) is 6.04. The van der Waals surface area contributed by atoms with Crippen molar-refractivity contribution < 1.29 is 4.57 Å². The van der Waals surface area contributed by atoms with Crippen molar-refractivity contribution >= 4 is 13.2 Å². The molecule has 1 atom stereocenters. The van der Waals surface area contributed by atoms with Crippen LogP contribution >= 0.6 is 7.80 Å². The summed E-state index contributed by atoms with van der Waals surface area (Å²) in [6, 6.07) is 5.50. The maximum absolute atomic E-state index is 11.8. The molecule has 0 fully saturated rings. The third kappa shape index (κ3) is 2.12. The van der Waals surface area contributed by atoms with Gasteiger partial charge in [0.25, 0.3) is 5.44 Å². The predicted octanol–water partition coefficient (Wildman–Crippen LogP) is 2.33. The van der Waals surface area contributed by atoms with Crippen molar-refractivity contribution in [3.8, 4) is 0 Å². The zero-order valence-corrected chi connectivity index (χ0v) is 8.51. The van der Waals surface area contributed by atoms with Gasteiger partial charge in [0, 0.05) is 12.3 Å². The van der Waals surface area contributed by atoms with Gasteiger partial charge in [0.2, 0.25) is 0 Å². The fraction of sp³-hybridized carbons (Fsp3) is 0.444. The van der Waals surface area contributed by atoms with Crippen LogP contribution in [0.1, 0.15) is 20.8 Å². The predicted molar refractivity (Wildman–Crippen MR) is 51.2 cm³/mol. The molecule has 0 aliphatic carbocycles. The highest BCUT2D eigenvalue weighted by Crippen LogP contribution is 2.35. The first-order valence-corrected chi connectivity index (χ1v) is 5.16. The van der Waals surface area contributed by atoms with Gasteiger partial charge in [-0.05, 0) is 26.8 Å². The molecule has 1 aromatic rings. The summed E-state index contributed by atoms with van der Waals surface area (Å²) in [5, 5.41) is -0.191. The number of hydrogen-bond donors (Lipinski definition) is 0. The molecule has 0 aromatic carbocycles. The molecule has 1 unspecified atom stereocenters. The zero-order valence-electron chi connectivity index (χ0n) is 7.61. The Labute approximate surface area is 73.8 Å². The summed E-state index contributed by atoms with van der Waals surface area (Å²) in [6.07, 6.45) is 1.67. The van der Waals surface area contributed by atoms with Gasteiger partial charge in [0.05, 0.1) is 0 Å². The minimum atomic E-state index is -1.38. The molecule has 0 aliphatic heterocycles. The van der Waals surface area contributed by atoms with Crippen molar-refractivity contribution in [2.45, 2.75) is 25.9 Å². The molecule has 0 bridgehead atoms. The van der Waals surface area contributed by atoms with E-state index in [1.165, 1.54) is 0 Å². The standard InChI is InChI=1S/C9H13NOP/c1-9(2,3)12(11)8-6-4-5-7-10-8/h4-7H,1-3H3/q+1. The van der Waals surface area contributed by atoms with Crippen LogP contribution in [0.25, 0.3) is 0 Å². The van der Waals surface area contributed by atoms with Crippen LogP contribution in [0, 0.1) is 0 Å². The smallest absolute Gasteiger partial charge is 0.213 e. The monoisotopic (exact) mass is 182 g/mol. The van der Waals surface area contributed by atoms with Gasteiger partial charge in [-0.1, -0.05) is 10.6 Å². The first kappa shape index (κ1) is 9.34. The lowest BCUT2D eigenvalue weighted by Gasteiger charge is -2.02. The van der Waals surface area contributed by atoms with E-state index >= 15 is 0 Å². The van der Waals surface area contributed by atoms with Crippen molar-refractivity contribution in [1.82, 2.24) is 4.98 Å². The summed E-state index contributed by atoms with van der Waals surface area (Å²) in [5.41, 5.74) is 0.694. The van der Waals surface area contributed by atoms with Crippen LogP contribution in [0.2, 0.25) is 0 Å². The van der Waals surface area contributed by atoms with E-state index in [0.717, 1.165) is 0 Å². The lowest BCUT2D eigenvalue weighted by molar-refractivity contribution is 0.571. The highest BCUT2D eigenvalue weighted by atomic mass is 31.1. The summed E-state index contributed by atoms with van der Waals surface area (Å²) in [4.78, 5) is 4.06. The minimum absolute atomic E-state index is 0.191. The molecule has 0 amide bonds. The van der Waals surface area contributed by atoms with Gasteiger partial charge in [-0.2, -0.15) is 0 Å². The molecule has 1 aromatic heterocycles. The maximum atomic E-state index is 11.8. The molecule has 0 aliphatic rings. The molecule has 1 heterocycles. The van der Waals surface area contributed by atoms with E-state index in [1.807, 2.05) is 39.0 Å². The fourth-order valence-corrected chi connectivity index (χ4v) is 1.90. The summed E-state index contributed by atoms with van der Waals surface area (Å²) in [5.74, 6) is 0. The van der Waals surface area contributed by atoms with E-state index in [4.69, 9.17) is 0 Å². The van der Waals surface area contributed by atoms with Crippen LogP contribution in [-0.2, 0) is 4.57 Å². The summed E-state index contributed by atoms with van der Waals surface area (Å²) in [6.45, 7) is 5.88. The molecule has 64 valence electrons. The average Bonchev–Trinajstić information content (AvgIpc) is 2.03. The minimum Gasteiger partial charge on any atom is -0.213 e. The lowest BCUT2D eigenvalue weighted by Crippen LogP contribution is -2.16. The quantitative estimate of drug-likeness (QED) is 0.624. The molecule has 12 heavy (non-hydrogen) atoms. The molecule has 3 heteroatoms. The molecule has 0 saturated carbocycles. The van der Waals surface area contributed by atoms with Gasteiger partial charge in [-0.3, -0.25) is 0 Å². The van der Waals surface area contributed by atoms with Crippen LogP contribution in [0.3, 0.4) is 0 Å². The highest BCUT2D eigenvalue weighted by Gasteiger charge is 2.37. The van der Waals surface area contributed by atoms with E-state index in [9.17, 15) is 4.57 Å². The molecular weight excluding hydrogens is 169 g/mol. The van der Waals surface area contributed by atoms with Crippen LogP contribution < -0.4 is 5.44 Å². The Balaban J connectivity index is 2.94. The fourth-order valence-electron chi connectivity index (χ4n) is 0.818. The summed E-state index contributed by atoms with van der Waals surface area (Å²) in [7, 11) is -1.38. The summed E-state index contributed by atoms with van der Waals surface area (Å²) < 4.78 is 11.8. The Bertz CT molecular complexity index is 276. The van der Waals surface area contributed by atoms with Crippen LogP contribution in [0.4, 0.5) is 0 Å². The lowest BCUT2D eigenvalue weighted by atomic mass is 10.3. The first-order chi connectivity index (χ1) is 5.52. The van der Waals surface area contributed by atoms with Gasteiger partial charge in [-0.15, -0.1) is 0 Å². The van der Waals surface area contributed by atoms with Crippen LogP contribution in [-0.4, -0.2) is 10.1 Å². The van der Waals surface area contributed by atoms with Crippen molar-refractivity contribution in [2.75, 3.05) is 0 Å². The Morgan fingerprint density at radius 3 is 2.42 bits per heavy atom. The van der Waals surface area contributed by atoms with E-state index in [-0.39, 0.29) is 5.16 Å². The molecule has 0 spiro atoms. The summed E-state index contributed by atoms with van der Waals surface area (Å²) >= 11 is 0. The Kier molecular flexibility index (Phi) is 2.58. The van der Waals surface area contributed by atoms with Gasteiger partial charge in [0.1, 0.15) is 0 Å². The Hall–Kier alpha value is -0.750. The van der Waals surface area contributed by atoms with Crippen molar-refractivity contribution in [3.05, 3.63) is 24.4 Å². The topological polar surface area (TPSA) is 30.0 Å². The van der Waals surface area contributed by atoms with E-state index < -0.39 is 7.80 Å². The molecule has 2 nitrogen and oxygen atoms in total. The van der Waals surface area contributed by atoms with Crippen LogP contribution in [0.5, 0.6) is 0 Å². The van der Waals surface area contributed by atoms with Crippen molar-refractivity contribution in [1.29, 1.82) is 0 Å². The number of aromatic nitrogens is 1. The van der Waals surface area contributed by atoms with Gasteiger partial charge >= 0.3 is 7.80 Å². The molecular formula is C9H13NOP+. The van der Waals surface area contributed by atoms with Gasteiger partial charge in [0.15, 0.2) is 5.16 Å². The van der Waals surface area contributed by atoms with E-state index in [2.05, 4.69) is 4.98 Å². The average molecular weight is 182 g/mol. The maximum Gasteiger partial charge on any atom is 0.402 e. The Morgan fingerprint density at radius 1 is 1.33 bits per heavy atom. The number of rotatable bonds is 1. The molecule has 1 rings (SSSR count). The largest absolute Gasteiger partial charge is 0.402 e. The molecule has 0 saturated heterocycles. The Morgan fingerprint density at radius 2 is 2.00 bits per heavy atom. The second kappa shape index (κ2) is 3.32. The van der Waals surface area contributed by atoms with Crippen molar-refractivity contribution in [3.63, 3.8) is 0 Å². The third-order valence-electron chi connectivity index (χ3n) is 1.47. The second-order valence-electron chi connectivity index (χ2n) is 3.65. The highest BCUT2D eigenvalue weighted by molar-refractivity contribution is 7.54. The number of hydrogen-bond acceptors (Lipinski definition) is 2. The van der Waals surface area contributed by atoms with Gasteiger partial charge < -0.3 is 0 Å². The zero-order chi connectivity index (χ0) is 9.19. The molecule has 0 N–H and O–H groups in total. The SMILES string of the molecule is CC(C)(C)[P+](=O)c1ccccn1. The van der Waals surface area contributed by atoms with Gasteiger partial charge in [-0.25, -0.2) is 4.98 Å². The van der Waals surface area contributed by atoms with E-state index in [0.29, 0.717) is 5.44 Å². The number of nitrogens with zero attached hydrogens (tertiary/aromatic N) is 1. The van der Waals surface area contributed by atoms with Crippen LogP contribution in [0.15, 0.2) is 24.4 Å². The molecule has 0 radical (unpaired) electrons. The number of pyridine rings is 1. The third-order valence-corrected chi connectivity index (χ3v) is 3.37. The van der Waals surface area contributed by atoms with E-state index in [1.54, 1.807) is 6.20 Å². The normalized spacial score (nSPS) is 12.8. The van der Waals surface area contributed by atoms with Crippen molar-refractivity contribution in [2.24, 2.45) is 0 Å².